The van der Waals surface area contributed by atoms with Gasteiger partial charge in [-0.15, -0.1) is 0 Å². The molecule has 0 bridgehead atoms. The van der Waals surface area contributed by atoms with Crippen LogP contribution in [0.3, 0.4) is 0 Å². The van der Waals surface area contributed by atoms with Gasteiger partial charge >= 0.3 is 0 Å². The minimum atomic E-state index is -0.106. The van der Waals surface area contributed by atoms with Crippen LogP contribution in [0.1, 0.15) is 25.0 Å². The zero-order chi connectivity index (χ0) is 15.2. The van der Waals surface area contributed by atoms with Crippen LogP contribution in [0.2, 0.25) is 0 Å². The quantitative estimate of drug-likeness (QED) is 0.877. The van der Waals surface area contributed by atoms with Crippen LogP contribution in [-0.4, -0.2) is 28.0 Å². The number of anilines is 1. The van der Waals surface area contributed by atoms with E-state index in [2.05, 4.69) is 23.8 Å². The van der Waals surface area contributed by atoms with Crippen molar-refractivity contribution in [3.05, 3.63) is 58.0 Å². The van der Waals surface area contributed by atoms with E-state index in [-0.39, 0.29) is 12.2 Å². The van der Waals surface area contributed by atoms with Gasteiger partial charge in [-0.2, -0.15) is 5.10 Å². The summed E-state index contributed by atoms with van der Waals surface area (Å²) >= 11 is 0. The lowest BCUT2D eigenvalue weighted by Gasteiger charge is -2.20. The molecule has 5 nitrogen and oxygen atoms in total. The van der Waals surface area contributed by atoms with Gasteiger partial charge in [0.2, 0.25) is 0 Å². The molecule has 1 aromatic heterocycles. The smallest absolute Gasteiger partial charge is 0.269 e. The molecule has 5 heteroatoms. The summed E-state index contributed by atoms with van der Waals surface area (Å²) < 4.78 is 1.45. The number of aromatic nitrogens is 2. The van der Waals surface area contributed by atoms with Gasteiger partial charge in [0.15, 0.2) is 0 Å². The molecule has 0 amide bonds. The maximum atomic E-state index is 12.1. The third-order valence-corrected chi connectivity index (χ3v) is 3.52. The normalized spacial score (nSPS) is 10.6. The van der Waals surface area contributed by atoms with Crippen molar-refractivity contribution >= 4 is 5.69 Å². The molecule has 0 aliphatic heterocycles. The highest BCUT2D eigenvalue weighted by Crippen LogP contribution is 2.09. The zero-order valence-electron chi connectivity index (χ0n) is 12.5. The van der Waals surface area contributed by atoms with Crippen molar-refractivity contribution in [2.75, 3.05) is 18.0 Å². The molecule has 1 N–H and O–H groups in total. The van der Waals surface area contributed by atoms with Crippen LogP contribution >= 0.6 is 0 Å². The molecule has 1 heterocycles. The van der Waals surface area contributed by atoms with Crippen molar-refractivity contribution in [2.24, 2.45) is 0 Å². The first-order valence-corrected chi connectivity index (χ1v) is 7.18. The van der Waals surface area contributed by atoms with Crippen LogP contribution in [0.4, 0.5) is 5.69 Å². The van der Waals surface area contributed by atoms with Crippen molar-refractivity contribution < 1.29 is 5.11 Å². The summed E-state index contributed by atoms with van der Waals surface area (Å²) in [6.07, 6.45) is 1.73. The first-order chi connectivity index (χ1) is 10.2. The number of rotatable bonds is 6. The monoisotopic (exact) mass is 287 g/mol. The van der Waals surface area contributed by atoms with Gasteiger partial charge in [0.1, 0.15) is 0 Å². The van der Waals surface area contributed by atoms with E-state index in [0.29, 0.717) is 6.54 Å². The summed E-state index contributed by atoms with van der Waals surface area (Å²) in [5.74, 6) is 0. The number of hydrogen-bond donors (Lipinski definition) is 1. The molecular formula is C16H21N3O2. The molecule has 0 unspecified atom stereocenters. The highest BCUT2D eigenvalue weighted by atomic mass is 16.3. The molecule has 21 heavy (non-hydrogen) atoms. The van der Waals surface area contributed by atoms with Gasteiger partial charge in [0, 0.05) is 19.2 Å². The Balaban J connectivity index is 2.19. The van der Waals surface area contributed by atoms with E-state index in [9.17, 15) is 4.79 Å². The largest absolute Gasteiger partial charge is 0.392 e. The number of aliphatic hydroxyl groups is 1. The Hall–Kier alpha value is -2.14. The molecular weight excluding hydrogens is 266 g/mol. The van der Waals surface area contributed by atoms with E-state index >= 15 is 0 Å². The molecule has 2 rings (SSSR count). The molecule has 0 saturated heterocycles. The minimum absolute atomic E-state index is 0.0248. The van der Waals surface area contributed by atoms with Gasteiger partial charge in [-0.3, -0.25) is 4.79 Å². The fourth-order valence-corrected chi connectivity index (χ4v) is 2.23. The first kappa shape index (κ1) is 15.3. The highest BCUT2D eigenvalue weighted by Gasteiger charge is 2.06. The SMILES string of the molecule is CCN(CC)c1cnn(Cc2ccc(CO)cc2)c(=O)c1. The minimum Gasteiger partial charge on any atom is -0.392 e. The Morgan fingerprint density at radius 3 is 2.29 bits per heavy atom. The second-order valence-electron chi connectivity index (χ2n) is 4.86. The maximum absolute atomic E-state index is 12.1. The van der Waals surface area contributed by atoms with Crippen LogP contribution in [0.25, 0.3) is 0 Å². The summed E-state index contributed by atoms with van der Waals surface area (Å²) in [6, 6.07) is 9.13. The number of benzene rings is 1. The Morgan fingerprint density at radius 2 is 1.76 bits per heavy atom. The Bertz CT molecular complexity index is 631. The Kier molecular flexibility index (Phi) is 5.11. The summed E-state index contributed by atoms with van der Waals surface area (Å²) in [6.45, 7) is 6.27. The van der Waals surface area contributed by atoms with Crippen molar-refractivity contribution in [3.8, 4) is 0 Å². The number of hydrogen-bond acceptors (Lipinski definition) is 4. The second-order valence-corrected chi connectivity index (χ2v) is 4.86. The summed E-state index contributed by atoms with van der Waals surface area (Å²) in [5.41, 5.74) is 2.59. The second kappa shape index (κ2) is 7.04. The first-order valence-electron chi connectivity index (χ1n) is 7.18. The van der Waals surface area contributed by atoms with Crippen LogP contribution in [-0.2, 0) is 13.2 Å². The number of aliphatic hydroxyl groups excluding tert-OH is 1. The van der Waals surface area contributed by atoms with Gasteiger partial charge in [0.05, 0.1) is 25.0 Å². The molecule has 0 radical (unpaired) electrons. The van der Waals surface area contributed by atoms with Gasteiger partial charge in [-0.05, 0) is 25.0 Å². The average molecular weight is 287 g/mol. The van der Waals surface area contributed by atoms with Crippen molar-refractivity contribution in [1.29, 1.82) is 0 Å². The predicted molar refractivity (Wildman–Crippen MR) is 83.5 cm³/mol. The number of nitrogens with zero attached hydrogens (tertiary/aromatic N) is 3. The van der Waals surface area contributed by atoms with Crippen molar-refractivity contribution in [1.82, 2.24) is 9.78 Å². The molecule has 112 valence electrons. The van der Waals surface area contributed by atoms with Crippen LogP contribution < -0.4 is 10.5 Å². The lowest BCUT2D eigenvalue weighted by Crippen LogP contribution is -2.28. The average Bonchev–Trinajstić information content (AvgIpc) is 2.52. The lowest BCUT2D eigenvalue weighted by atomic mass is 10.1. The standard InChI is InChI=1S/C16H21N3O2/c1-3-18(4-2)15-9-16(21)19(17-10-15)11-13-5-7-14(12-20)8-6-13/h5-10,20H,3-4,11-12H2,1-2H3. The van der Waals surface area contributed by atoms with Crippen LogP contribution in [0.15, 0.2) is 41.3 Å². The van der Waals surface area contributed by atoms with Gasteiger partial charge in [0.25, 0.3) is 5.56 Å². The van der Waals surface area contributed by atoms with E-state index in [1.165, 1.54) is 4.68 Å². The van der Waals surface area contributed by atoms with Crippen LogP contribution in [0.5, 0.6) is 0 Å². The molecule has 2 aromatic rings. The summed E-state index contributed by atoms with van der Waals surface area (Å²) in [7, 11) is 0. The molecule has 0 aliphatic rings. The van der Waals surface area contributed by atoms with E-state index in [1.807, 2.05) is 24.3 Å². The molecule has 0 fully saturated rings. The molecule has 0 spiro atoms. The van der Waals surface area contributed by atoms with E-state index in [1.54, 1.807) is 12.3 Å². The highest BCUT2D eigenvalue weighted by molar-refractivity contribution is 5.42. The summed E-state index contributed by atoms with van der Waals surface area (Å²) in [4.78, 5) is 14.2. The predicted octanol–water partition coefficient (Wildman–Crippen LogP) is 1.63. The summed E-state index contributed by atoms with van der Waals surface area (Å²) in [5, 5.41) is 13.3. The van der Waals surface area contributed by atoms with Gasteiger partial charge in [-0.1, -0.05) is 24.3 Å². The molecule has 0 atom stereocenters. The topological polar surface area (TPSA) is 58.4 Å². The third kappa shape index (κ3) is 3.70. The van der Waals surface area contributed by atoms with E-state index in [0.717, 1.165) is 29.9 Å². The third-order valence-electron chi connectivity index (χ3n) is 3.52. The molecule has 1 aromatic carbocycles. The van der Waals surface area contributed by atoms with E-state index in [4.69, 9.17) is 5.11 Å². The Morgan fingerprint density at radius 1 is 1.14 bits per heavy atom. The molecule has 0 aliphatic carbocycles. The zero-order valence-corrected chi connectivity index (χ0v) is 12.5. The maximum Gasteiger partial charge on any atom is 0.269 e. The molecule has 0 saturated carbocycles. The van der Waals surface area contributed by atoms with Crippen LogP contribution in [0, 0.1) is 0 Å². The fraction of sp³-hybridized carbons (Fsp3) is 0.375. The lowest BCUT2D eigenvalue weighted by molar-refractivity contribution is 0.282. The van der Waals surface area contributed by atoms with Gasteiger partial charge < -0.3 is 10.0 Å². The van der Waals surface area contributed by atoms with E-state index < -0.39 is 0 Å². The Labute approximate surface area is 124 Å². The van der Waals surface area contributed by atoms with Crippen molar-refractivity contribution in [3.63, 3.8) is 0 Å². The fourth-order valence-electron chi connectivity index (χ4n) is 2.23. The van der Waals surface area contributed by atoms with Gasteiger partial charge in [-0.25, -0.2) is 4.68 Å². The van der Waals surface area contributed by atoms with Crippen molar-refractivity contribution in [2.45, 2.75) is 27.0 Å².